The van der Waals surface area contributed by atoms with Gasteiger partial charge in [-0.05, 0) is 75.5 Å². The van der Waals surface area contributed by atoms with Crippen molar-refractivity contribution in [2.45, 2.75) is 63.3 Å². The van der Waals surface area contributed by atoms with E-state index in [4.69, 9.17) is 0 Å². The average molecular weight is 329 g/mol. The Morgan fingerprint density at radius 2 is 1.67 bits per heavy atom. The Balaban J connectivity index is 1.37. The van der Waals surface area contributed by atoms with Crippen LogP contribution in [0.3, 0.4) is 0 Å². The summed E-state index contributed by atoms with van der Waals surface area (Å²) in [5.74, 6) is 2.10. The normalized spacial score (nSPS) is 38.1. The van der Waals surface area contributed by atoms with Crippen LogP contribution in [0.2, 0.25) is 0 Å². The number of likely N-dealkylation sites (N-methyl/N-ethyl adjacent to an activating group) is 1. The van der Waals surface area contributed by atoms with Gasteiger partial charge in [0.25, 0.3) is 0 Å². The zero-order valence-corrected chi connectivity index (χ0v) is 14.5. The summed E-state index contributed by atoms with van der Waals surface area (Å²) in [6.45, 7) is 0.0283. The van der Waals surface area contributed by atoms with Gasteiger partial charge in [0.15, 0.2) is 0 Å². The zero-order valence-electron chi connectivity index (χ0n) is 14.5. The summed E-state index contributed by atoms with van der Waals surface area (Å²) < 4.78 is 0. The number of amides is 2. The minimum absolute atomic E-state index is 0.0283. The molecule has 0 radical (unpaired) electrons. The summed E-state index contributed by atoms with van der Waals surface area (Å²) in [6.07, 6.45) is 9.43. The molecule has 0 spiro atoms. The molecule has 0 aromatic rings. The fourth-order valence-corrected chi connectivity index (χ4v) is 6.12. The lowest BCUT2D eigenvalue weighted by molar-refractivity contribution is -0.148. The highest BCUT2D eigenvalue weighted by atomic mass is 16.2. The number of hydrogen-bond acceptors (Lipinski definition) is 3. The van der Waals surface area contributed by atoms with E-state index >= 15 is 0 Å². The molecule has 24 heavy (non-hydrogen) atoms. The van der Waals surface area contributed by atoms with Gasteiger partial charge in [0.2, 0.25) is 11.8 Å². The number of nitrogens with one attached hydrogen (secondary N) is 1. The van der Waals surface area contributed by atoms with Crippen LogP contribution in [-0.2, 0) is 9.59 Å². The first-order valence-electron chi connectivity index (χ1n) is 9.43. The molecule has 0 aliphatic heterocycles. The third kappa shape index (κ3) is 2.34. The third-order valence-electron chi connectivity index (χ3n) is 7.33. The molecule has 4 bridgehead atoms. The van der Waals surface area contributed by atoms with Crippen LogP contribution in [-0.4, -0.2) is 35.8 Å². The molecule has 5 nitrogen and oxygen atoms in total. The van der Waals surface area contributed by atoms with E-state index in [9.17, 15) is 14.9 Å². The molecule has 0 aromatic carbocycles. The highest BCUT2D eigenvalue weighted by Crippen LogP contribution is 2.60. The Hall–Kier alpha value is -1.57. The van der Waals surface area contributed by atoms with E-state index in [-0.39, 0.29) is 23.8 Å². The Morgan fingerprint density at radius 1 is 1.12 bits per heavy atom. The Labute approximate surface area is 143 Å². The molecule has 5 rings (SSSR count). The Morgan fingerprint density at radius 3 is 2.08 bits per heavy atom. The molecule has 0 heterocycles. The maximum Gasteiger partial charge on any atom is 0.242 e. The van der Waals surface area contributed by atoms with Crippen molar-refractivity contribution in [3.63, 3.8) is 0 Å². The van der Waals surface area contributed by atoms with Crippen LogP contribution in [0.5, 0.6) is 0 Å². The van der Waals surface area contributed by atoms with Crippen LogP contribution in [0, 0.1) is 34.5 Å². The molecular weight excluding hydrogens is 302 g/mol. The Bertz CT molecular complexity index is 567. The van der Waals surface area contributed by atoms with Gasteiger partial charge in [0.1, 0.15) is 5.54 Å². The first kappa shape index (κ1) is 15.9. The van der Waals surface area contributed by atoms with E-state index in [1.165, 1.54) is 19.3 Å². The number of rotatable bonds is 4. The summed E-state index contributed by atoms with van der Waals surface area (Å²) in [5.41, 5.74) is -0.848. The van der Waals surface area contributed by atoms with Crippen molar-refractivity contribution in [3.05, 3.63) is 0 Å². The molecule has 0 unspecified atom stereocenters. The summed E-state index contributed by atoms with van der Waals surface area (Å²) in [6, 6.07) is 2.28. The number of nitriles is 1. The summed E-state index contributed by atoms with van der Waals surface area (Å²) >= 11 is 0. The van der Waals surface area contributed by atoms with Crippen molar-refractivity contribution < 1.29 is 9.59 Å². The highest BCUT2D eigenvalue weighted by Gasteiger charge is 2.54. The van der Waals surface area contributed by atoms with Crippen LogP contribution in [0.15, 0.2) is 0 Å². The van der Waals surface area contributed by atoms with E-state index in [0.717, 1.165) is 56.3 Å². The maximum atomic E-state index is 12.9. The first-order valence-corrected chi connectivity index (χ1v) is 9.43. The van der Waals surface area contributed by atoms with E-state index in [1.54, 1.807) is 11.9 Å². The van der Waals surface area contributed by atoms with Crippen molar-refractivity contribution in [1.82, 2.24) is 10.2 Å². The quantitative estimate of drug-likeness (QED) is 0.859. The number of hydrogen-bond donors (Lipinski definition) is 1. The van der Waals surface area contributed by atoms with Crippen LogP contribution < -0.4 is 5.32 Å². The van der Waals surface area contributed by atoms with Crippen molar-refractivity contribution in [3.8, 4) is 6.07 Å². The van der Waals surface area contributed by atoms with Gasteiger partial charge in [0.05, 0.1) is 12.6 Å². The predicted octanol–water partition coefficient (Wildman–Crippen LogP) is 2.22. The minimum Gasteiger partial charge on any atom is -0.347 e. The standard InChI is InChI=1S/C19H27N3O2/c1-22(19(12-20)3-2-4-19)16(23)11-21-17(24)18-8-13-5-14(9-18)7-15(6-13)10-18/h13-15H,2-11H2,1H3,(H,21,24). The fourth-order valence-electron chi connectivity index (χ4n) is 6.12. The molecule has 5 saturated carbocycles. The number of nitrogens with zero attached hydrogens (tertiary/aromatic N) is 2. The van der Waals surface area contributed by atoms with Crippen LogP contribution >= 0.6 is 0 Å². The molecule has 0 saturated heterocycles. The lowest BCUT2D eigenvalue weighted by atomic mass is 9.49. The van der Waals surface area contributed by atoms with Gasteiger partial charge >= 0.3 is 0 Å². The molecular formula is C19H27N3O2. The molecule has 0 aromatic heterocycles. The molecule has 130 valence electrons. The predicted molar refractivity (Wildman–Crippen MR) is 88.6 cm³/mol. The second kappa shape index (κ2) is 5.47. The zero-order chi connectivity index (χ0) is 16.9. The second-order valence-electron chi connectivity index (χ2n) is 8.83. The van der Waals surface area contributed by atoms with Gasteiger partial charge in [-0.25, -0.2) is 0 Å². The van der Waals surface area contributed by atoms with Gasteiger partial charge in [-0.2, -0.15) is 5.26 Å². The largest absolute Gasteiger partial charge is 0.347 e. The van der Waals surface area contributed by atoms with Crippen LogP contribution in [0.4, 0.5) is 0 Å². The summed E-state index contributed by atoms with van der Waals surface area (Å²) in [7, 11) is 1.70. The summed E-state index contributed by atoms with van der Waals surface area (Å²) in [4.78, 5) is 26.9. The first-order chi connectivity index (χ1) is 11.5. The second-order valence-corrected chi connectivity index (χ2v) is 8.83. The van der Waals surface area contributed by atoms with Crippen molar-refractivity contribution in [1.29, 1.82) is 5.26 Å². The average Bonchev–Trinajstić information content (AvgIpc) is 2.50. The molecule has 5 aliphatic carbocycles. The highest BCUT2D eigenvalue weighted by molar-refractivity contribution is 5.88. The van der Waals surface area contributed by atoms with E-state index in [0.29, 0.717) is 0 Å². The fraction of sp³-hybridized carbons (Fsp3) is 0.842. The van der Waals surface area contributed by atoms with Crippen molar-refractivity contribution >= 4 is 11.8 Å². The van der Waals surface area contributed by atoms with Crippen LogP contribution in [0.25, 0.3) is 0 Å². The minimum atomic E-state index is -0.636. The van der Waals surface area contributed by atoms with Gasteiger partial charge in [0, 0.05) is 12.5 Å². The number of carbonyl (C=O) groups is 2. The monoisotopic (exact) mass is 329 g/mol. The van der Waals surface area contributed by atoms with E-state index < -0.39 is 5.54 Å². The van der Waals surface area contributed by atoms with Gasteiger partial charge < -0.3 is 10.2 Å². The van der Waals surface area contributed by atoms with E-state index in [2.05, 4.69) is 11.4 Å². The van der Waals surface area contributed by atoms with Gasteiger partial charge in [-0.1, -0.05) is 0 Å². The topological polar surface area (TPSA) is 73.2 Å². The Kier molecular flexibility index (Phi) is 3.63. The van der Waals surface area contributed by atoms with Gasteiger partial charge in [-0.3, -0.25) is 9.59 Å². The smallest absolute Gasteiger partial charge is 0.242 e. The molecule has 5 heteroatoms. The van der Waals surface area contributed by atoms with E-state index in [1.807, 2.05) is 0 Å². The molecule has 5 fully saturated rings. The van der Waals surface area contributed by atoms with Crippen molar-refractivity contribution in [2.75, 3.05) is 13.6 Å². The molecule has 1 N–H and O–H groups in total. The molecule has 2 amide bonds. The van der Waals surface area contributed by atoms with Gasteiger partial charge in [-0.15, -0.1) is 0 Å². The third-order valence-corrected chi connectivity index (χ3v) is 7.33. The summed E-state index contributed by atoms with van der Waals surface area (Å²) in [5, 5.41) is 12.3. The molecule has 0 atom stereocenters. The maximum absolute atomic E-state index is 12.9. The van der Waals surface area contributed by atoms with Crippen LogP contribution in [0.1, 0.15) is 57.8 Å². The van der Waals surface area contributed by atoms with Crippen molar-refractivity contribution in [2.24, 2.45) is 23.2 Å². The number of carbonyl (C=O) groups excluding carboxylic acids is 2. The molecule has 5 aliphatic rings. The lowest BCUT2D eigenvalue weighted by Gasteiger charge is -2.55. The lowest BCUT2D eigenvalue weighted by Crippen LogP contribution is -2.57. The SMILES string of the molecule is CN(C(=O)CNC(=O)C12CC3CC(CC(C3)C1)C2)C1(C#N)CCC1.